The third kappa shape index (κ3) is 2.46. The molecule has 3 aromatic rings. The minimum absolute atomic E-state index is 0.707. The van der Waals surface area contributed by atoms with Crippen LogP contribution in [0.1, 0.15) is 11.1 Å². The first-order valence-corrected chi connectivity index (χ1v) is 7.20. The van der Waals surface area contributed by atoms with Gasteiger partial charge >= 0.3 is 0 Å². The Morgan fingerprint density at radius 3 is 2.32 bits per heavy atom. The van der Waals surface area contributed by atoms with Crippen molar-refractivity contribution >= 4 is 16.5 Å². The van der Waals surface area contributed by atoms with Crippen molar-refractivity contribution in [1.29, 1.82) is 0 Å². The minimum atomic E-state index is 0.707. The monoisotopic (exact) mass is 293 g/mol. The maximum Gasteiger partial charge on any atom is 0.164 e. The van der Waals surface area contributed by atoms with E-state index < -0.39 is 0 Å². The van der Waals surface area contributed by atoms with Gasteiger partial charge in [-0.3, -0.25) is 0 Å². The molecule has 3 rings (SSSR count). The van der Waals surface area contributed by atoms with Gasteiger partial charge in [0.25, 0.3) is 0 Å². The van der Waals surface area contributed by atoms with Gasteiger partial charge in [0.15, 0.2) is 11.5 Å². The second-order valence-electron chi connectivity index (χ2n) is 5.20. The van der Waals surface area contributed by atoms with E-state index in [1.807, 2.05) is 36.4 Å². The molecule has 0 saturated carbocycles. The van der Waals surface area contributed by atoms with E-state index in [9.17, 15) is 0 Å². The standard InChI is InChI=1S/C19H19NO2/c1-21-18-12-15-14(9-6-10-17(15)20)16(19(18)22-2)11-13-7-4-3-5-8-13/h3-10,12H,11,20H2,1-2H3. The first-order valence-electron chi connectivity index (χ1n) is 7.20. The van der Waals surface area contributed by atoms with Crippen LogP contribution in [0.3, 0.4) is 0 Å². The summed E-state index contributed by atoms with van der Waals surface area (Å²) in [5.74, 6) is 1.48. The summed E-state index contributed by atoms with van der Waals surface area (Å²) in [4.78, 5) is 0. The molecule has 0 saturated heterocycles. The molecule has 0 aliphatic heterocycles. The van der Waals surface area contributed by atoms with Gasteiger partial charge in [0.1, 0.15) is 0 Å². The molecule has 0 aliphatic rings. The number of benzene rings is 3. The van der Waals surface area contributed by atoms with Gasteiger partial charge in [0.05, 0.1) is 14.2 Å². The lowest BCUT2D eigenvalue weighted by atomic mass is 9.96. The van der Waals surface area contributed by atoms with Crippen molar-refractivity contribution < 1.29 is 9.47 Å². The molecule has 0 unspecified atom stereocenters. The van der Waals surface area contributed by atoms with Crippen LogP contribution in [0.4, 0.5) is 5.69 Å². The van der Waals surface area contributed by atoms with E-state index in [1.54, 1.807) is 14.2 Å². The summed E-state index contributed by atoms with van der Waals surface area (Å²) in [6.07, 6.45) is 0.765. The largest absolute Gasteiger partial charge is 0.493 e. The van der Waals surface area contributed by atoms with E-state index in [-0.39, 0.29) is 0 Å². The summed E-state index contributed by atoms with van der Waals surface area (Å²) in [5.41, 5.74) is 9.19. The van der Waals surface area contributed by atoms with E-state index in [4.69, 9.17) is 15.2 Å². The van der Waals surface area contributed by atoms with Gasteiger partial charge in [-0.25, -0.2) is 0 Å². The second kappa shape index (κ2) is 5.98. The molecule has 0 radical (unpaired) electrons. The molecule has 0 aromatic heterocycles. The van der Waals surface area contributed by atoms with E-state index in [0.29, 0.717) is 5.75 Å². The van der Waals surface area contributed by atoms with Crippen LogP contribution in [0.25, 0.3) is 10.8 Å². The SMILES string of the molecule is COc1cc2c(N)cccc2c(Cc2ccccc2)c1OC. The molecular formula is C19H19NO2. The first-order chi connectivity index (χ1) is 10.7. The van der Waals surface area contributed by atoms with E-state index in [0.717, 1.165) is 34.2 Å². The third-order valence-corrected chi connectivity index (χ3v) is 3.89. The van der Waals surface area contributed by atoms with Crippen molar-refractivity contribution in [3.05, 3.63) is 65.7 Å². The molecule has 3 nitrogen and oxygen atoms in total. The number of ether oxygens (including phenoxy) is 2. The second-order valence-corrected chi connectivity index (χ2v) is 5.20. The Morgan fingerprint density at radius 2 is 1.64 bits per heavy atom. The summed E-state index contributed by atoms with van der Waals surface area (Å²) in [7, 11) is 3.32. The molecule has 0 bridgehead atoms. The maximum atomic E-state index is 6.14. The lowest BCUT2D eigenvalue weighted by Crippen LogP contribution is -2.00. The number of hydrogen-bond acceptors (Lipinski definition) is 3. The predicted octanol–water partition coefficient (Wildman–Crippen LogP) is 4.03. The lowest BCUT2D eigenvalue weighted by molar-refractivity contribution is 0.353. The molecule has 0 spiro atoms. The van der Waals surface area contributed by atoms with Crippen LogP contribution >= 0.6 is 0 Å². The van der Waals surface area contributed by atoms with E-state index >= 15 is 0 Å². The van der Waals surface area contributed by atoms with Gasteiger partial charge in [-0.1, -0.05) is 42.5 Å². The fraction of sp³-hybridized carbons (Fsp3) is 0.158. The highest BCUT2D eigenvalue weighted by Crippen LogP contribution is 2.40. The van der Waals surface area contributed by atoms with Gasteiger partial charge in [-0.05, 0) is 23.1 Å². The molecule has 22 heavy (non-hydrogen) atoms. The van der Waals surface area contributed by atoms with E-state index in [2.05, 4.69) is 18.2 Å². The zero-order chi connectivity index (χ0) is 15.5. The Hall–Kier alpha value is -2.68. The van der Waals surface area contributed by atoms with Crippen molar-refractivity contribution in [2.45, 2.75) is 6.42 Å². The fourth-order valence-corrected chi connectivity index (χ4v) is 2.83. The molecular weight excluding hydrogens is 274 g/mol. The molecule has 0 amide bonds. The summed E-state index contributed by atoms with van der Waals surface area (Å²) in [5, 5.41) is 2.09. The van der Waals surface area contributed by atoms with Gasteiger partial charge in [0.2, 0.25) is 0 Å². The quantitative estimate of drug-likeness (QED) is 0.739. The molecule has 0 aliphatic carbocycles. The maximum absolute atomic E-state index is 6.14. The van der Waals surface area contributed by atoms with Gasteiger partial charge < -0.3 is 15.2 Å². The van der Waals surface area contributed by atoms with Crippen molar-refractivity contribution in [2.24, 2.45) is 0 Å². The average molecular weight is 293 g/mol. The van der Waals surface area contributed by atoms with Crippen molar-refractivity contribution in [1.82, 2.24) is 0 Å². The van der Waals surface area contributed by atoms with Crippen molar-refractivity contribution in [2.75, 3.05) is 20.0 Å². The molecule has 0 atom stereocenters. The predicted molar refractivity (Wildman–Crippen MR) is 90.7 cm³/mol. The zero-order valence-electron chi connectivity index (χ0n) is 12.8. The summed E-state index contributed by atoms with van der Waals surface area (Å²) < 4.78 is 11.1. The van der Waals surface area contributed by atoms with Crippen LogP contribution in [0.15, 0.2) is 54.6 Å². The van der Waals surface area contributed by atoms with Gasteiger partial charge in [-0.15, -0.1) is 0 Å². The number of rotatable bonds is 4. The highest BCUT2D eigenvalue weighted by Gasteiger charge is 2.16. The Balaban J connectivity index is 2.27. The number of hydrogen-bond donors (Lipinski definition) is 1. The van der Waals surface area contributed by atoms with Crippen LogP contribution in [-0.2, 0) is 6.42 Å². The highest BCUT2D eigenvalue weighted by atomic mass is 16.5. The van der Waals surface area contributed by atoms with Gasteiger partial charge in [-0.2, -0.15) is 0 Å². The lowest BCUT2D eigenvalue weighted by Gasteiger charge is -2.17. The Bertz CT molecular complexity index is 797. The minimum Gasteiger partial charge on any atom is -0.493 e. The Kier molecular flexibility index (Phi) is 3.88. The molecule has 112 valence electrons. The summed E-state index contributed by atoms with van der Waals surface area (Å²) in [6, 6.07) is 18.2. The number of fused-ring (bicyclic) bond motifs is 1. The first kappa shape index (κ1) is 14.3. The molecule has 3 aromatic carbocycles. The summed E-state index contributed by atoms with van der Waals surface area (Å²) in [6.45, 7) is 0. The third-order valence-electron chi connectivity index (χ3n) is 3.89. The molecule has 2 N–H and O–H groups in total. The van der Waals surface area contributed by atoms with E-state index in [1.165, 1.54) is 5.56 Å². The number of methoxy groups -OCH3 is 2. The number of nitrogens with two attached hydrogens (primary N) is 1. The van der Waals surface area contributed by atoms with Crippen LogP contribution in [-0.4, -0.2) is 14.2 Å². The fourth-order valence-electron chi connectivity index (χ4n) is 2.83. The zero-order valence-corrected chi connectivity index (χ0v) is 12.8. The molecule has 0 fully saturated rings. The van der Waals surface area contributed by atoms with Crippen molar-refractivity contribution in [3.8, 4) is 11.5 Å². The average Bonchev–Trinajstić information content (AvgIpc) is 2.56. The van der Waals surface area contributed by atoms with Gasteiger partial charge in [0, 0.05) is 23.1 Å². The smallest absolute Gasteiger partial charge is 0.164 e. The Labute approximate surface area is 130 Å². The van der Waals surface area contributed by atoms with Crippen LogP contribution < -0.4 is 15.2 Å². The number of anilines is 1. The Morgan fingerprint density at radius 1 is 0.864 bits per heavy atom. The highest BCUT2D eigenvalue weighted by molar-refractivity contribution is 5.98. The molecule has 0 heterocycles. The summed E-state index contributed by atoms with van der Waals surface area (Å²) >= 11 is 0. The normalized spacial score (nSPS) is 10.6. The van der Waals surface area contributed by atoms with Crippen LogP contribution in [0, 0.1) is 0 Å². The number of nitrogen functional groups attached to an aromatic ring is 1. The van der Waals surface area contributed by atoms with Crippen LogP contribution in [0.2, 0.25) is 0 Å². The van der Waals surface area contributed by atoms with Crippen LogP contribution in [0.5, 0.6) is 11.5 Å². The van der Waals surface area contributed by atoms with Crippen molar-refractivity contribution in [3.63, 3.8) is 0 Å². The molecule has 3 heteroatoms. The topological polar surface area (TPSA) is 44.5 Å².